The molecule has 0 bridgehead atoms. The monoisotopic (exact) mass is 793 g/mol. The molecule has 0 aromatic carbocycles. The van der Waals surface area contributed by atoms with Crippen LogP contribution in [0, 0.1) is 0 Å². The van der Waals surface area contributed by atoms with E-state index in [0.717, 1.165) is 57.8 Å². The summed E-state index contributed by atoms with van der Waals surface area (Å²) < 4.78 is 22.1. The Hall–Kier alpha value is -2.34. The molecule has 0 spiro atoms. The third-order valence-corrected chi connectivity index (χ3v) is 9.97. The molecule has 6 atom stereocenters. The number of ether oxygens (including phenoxy) is 4. The number of hydrogen-bond donors (Lipinski definition) is 4. The van der Waals surface area contributed by atoms with Crippen molar-refractivity contribution in [3.63, 3.8) is 0 Å². The number of aliphatic hydroxyl groups excluding tert-OH is 4. The molecule has 56 heavy (non-hydrogen) atoms. The van der Waals surface area contributed by atoms with E-state index in [4.69, 9.17) is 18.9 Å². The van der Waals surface area contributed by atoms with E-state index in [1.807, 2.05) is 0 Å². The van der Waals surface area contributed by atoms with Crippen molar-refractivity contribution in [2.75, 3.05) is 19.8 Å². The number of aliphatic hydroxyl groups is 4. The highest BCUT2D eigenvalue weighted by atomic mass is 16.7. The number of unbranched alkanes of at least 4 members (excludes halogenated alkanes) is 17. The van der Waals surface area contributed by atoms with E-state index >= 15 is 0 Å². The SMILES string of the molecule is CCCCC/C=C/C/C=C/C/C=C/C/C=C/CCCCCC(=O)O[C@H](COC(=O)CCCCCCCCCCCCCC)CO[C@@H]1O[C@H](CO)[C@H](O)C(O)C1O. The molecule has 4 N–H and O–H groups in total. The third-order valence-electron chi connectivity index (χ3n) is 9.97. The van der Waals surface area contributed by atoms with E-state index in [1.54, 1.807) is 0 Å². The highest BCUT2D eigenvalue weighted by Gasteiger charge is 2.44. The lowest BCUT2D eigenvalue weighted by molar-refractivity contribution is -0.305. The molecule has 0 radical (unpaired) electrons. The van der Waals surface area contributed by atoms with Crippen LogP contribution in [0.5, 0.6) is 0 Å². The largest absolute Gasteiger partial charge is 0.462 e. The summed E-state index contributed by atoms with van der Waals surface area (Å²) in [6, 6.07) is 0. The first-order valence-electron chi connectivity index (χ1n) is 22.2. The van der Waals surface area contributed by atoms with Gasteiger partial charge in [0.05, 0.1) is 13.2 Å². The molecule has 0 saturated carbocycles. The van der Waals surface area contributed by atoms with Gasteiger partial charge in [-0.1, -0.05) is 152 Å². The average molecular weight is 793 g/mol. The minimum atomic E-state index is -1.60. The highest BCUT2D eigenvalue weighted by molar-refractivity contribution is 5.70. The van der Waals surface area contributed by atoms with Crippen LogP contribution in [0.1, 0.15) is 174 Å². The fourth-order valence-electron chi connectivity index (χ4n) is 6.41. The van der Waals surface area contributed by atoms with Gasteiger partial charge < -0.3 is 39.4 Å². The van der Waals surface area contributed by atoms with E-state index < -0.39 is 49.4 Å². The number of carbonyl (C=O) groups excluding carboxylic acids is 2. The maximum atomic E-state index is 12.8. The number of allylic oxidation sites excluding steroid dienone is 8. The van der Waals surface area contributed by atoms with Gasteiger partial charge in [-0.25, -0.2) is 0 Å². The number of hydrogen-bond acceptors (Lipinski definition) is 10. The first-order valence-corrected chi connectivity index (χ1v) is 22.2. The van der Waals surface area contributed by atoms with Crippen molar-refractivity contribution in [2.24, 2.45) is 0 Å². The van der Waals surface area contributed by atoms with Crippen LogP contribution >= 0.6 is 0 Å². The lowest BCUT2D eigenvalue weighted by Crippen LogP contribution is -2.59. The molecule has 324 valence electrons. The zero-order valence-corrected chi connectivity index (χ0v) is 35.1. The molecule has 10 heteroatoms. The molecule has 2 unspecified atom stereocenters. The molecule has 1 saturated heterocycles. The molecule has 1 rings (SSSR count). The van der Waals surface area contributed by atoms with Gasteiger partial charge >= 0.3 is 11.9 Å². The Bertz CT molecular complexity index is 1050. The Morgan fingerprint density at radius 1 is 0.554 bits per heavy atom. The molecule has 0 aromatic rings. The second-order valence-electron chi connectivity index (χ2n) is 15.2. The molecule has 0 aliphatic carbocycles. The predicted molar refractivity (Wildman–Crippen MR) is 224 cm³/mol. The average Bonchev–Trinajstić information content (AvgIpc) is 3.19. The Morgan fingerprint density at radius 3 is 1.54 bits per heavy atom. The summed E-state index contributed by atoms with van der Waals surface area (Å²) in [6.45, 7) is 3.35. The maximum absolute atomic E-state index is 12.8. The van der Waals surface area contributed by atoms with E-state index in [9.17, 15) is 30.0 Å². The van der Waals surface area contributed by atoms with Gasteiger partial charge in [0.25, 0.3) is 0 Å². The van der Waals surface area contributed by atoms with Crippen LogP contribution in [0.25, 0.3) is 0 Å². The summed E-state index contributed by atoms with van der Waals surface area (Å²) >= 11 is 0. The molecule has 1 heterocycles. The highest BCUT2D eigenvalue weighted by Crippen LogP contribution is 2.22. The predicted octanol–water partition coefficient (Wildman–Crippen LogP) is 9.27. The van der Waals surface area contributed by atoms with Crippen molar-refractivity contribution in [2.45, 2.75) is 211 Å². The Balaban J connectivity index is 2.37. The Morgan fingerprint density at radius 2 is 1.00 bits per heavy atom. The summed E-state index contributed by atoms with van der Waals surface area (Å²) in [6.07, 6.45) is 35.4. The lowest BCUT2D eigenvalue weighted by atomic mass is 9.99. The molecular weight excluding hydrogens is 712 g/mol. The smallest absolute Gasteiger partial charge is 0.306 e. The summed E-state index contributed by atoms with van der Waals surface area (Å²) in [5.74, 6) is -0.843. The summed E-state index contributed by atoms with van der Waals surface area (Å²) in [7, 11) is 0. The molecule has 0 aromatic heterocycles. The van der Waals surface area contributed by atoms with E-state index in [2.05, 4.69) is 62.5 Å². The van der Waals surface area contributed by atoms with E-state index in [0.29, 0.717) is 6.42 Å². The van der Waals surface area contributed by atoms with Gasteiger partial charge in [0, 0.05) is 12.8 Å². The van der Waals surface area contributed by atoms with Gasteiger partial charge in [-0.05, 0) is 57.8 Å². The molecule has 10 nitrogen and oxygen atoms in total. The molecule has 0 amide bonds. The molecule has 1 fully saturated rings. The van der Waals surface area contributed by atoms with Crippen LogP contribution < -0.4 is 0 Å². The number of carbonyl (C=O) groups is 2. The van der Waals surface area contributed by atoms with Gasteiger partial charge in [0.2, 0.25) is 0 Å². The summed E-state index contributed by atoms with van der Waals surface area (Å²) in [5.41, 5.74) is 0. The van der Waals surface area contributed by atoms with Crippen molar-refractivity contribution in [1.29, 1.82) is 0 Å². The second kappa shape index (κ2) is 37.0. The van der Waals surface area contributed by atoms with E-state index in [1.165, 1.54) is 83.5 Å². The van der Waals surface area contributed by atoms with Crippen LogP contribution in [0.4, 0.5) is 0 Å². The summed E-state index contributed by atoms with van der Waals surface area (Å²) in [5, 5.41) is 40.0. The van der Waals surface area contributed by atoms with Gasteiger partial charge in [0.1, 0.15) is 31.0 Å². The fraction of sp³-hybridized carbons (Fsp3) is 0.783. The van der Waals surface area contributed by atoms with Crippen LogP contribution in [0.2, 0.25) is 0 Å². The Labute approximate surface area is 339 Å². The van der Waals surface area contributed by atoms with Gasteiger partial charge in [-0.3, -0.25) is 9.59 Å². The summed E-state index contributed by atoms with van der Waals surface area (Å²) in [4.78, 5) is 25.3. The lowest BCUT2D eigenvalue weighted by Gasteiger charge is -2.39. The van der Waals surface area contributed by atoms with Crippen LogP contribution in [0.15, 0.2) is 48.6 Å². The van der Waals surface area contributed by atoms with Crippen molar-refractivity contribution >= 4 is 11.9 Å². The second-order valence-corrected chi connectivity index (χ2v) is 15.2. The van der Waals surface area contributed by atoms with Gasteiger partial charge in [-0.2, -0.15) is 0 Å². The normalized spacial score (nSPS) is 20.9. The number of rotatable bonds is 36. The molecule has 1 aliphatic rings. The zero-order chi connectivity index (χ0) is 40.9. The van der Waals surface area contributed by atoms with Gasteiger partial charge in [-0.15, -0.1) is 0 Å². The van der Waals surface area contributed by atoms with Crippen molar-refractivity contribution < 1.29 is 49.0 Å². The molecular formula is C46H80O10. The van der Waals surface area contributed by atoms with Crippen LogP contribution in [-0.2, 0) is 28.5 Å². The third kappa shape index (κ3) is 28.1. The van der Waals surface area contributed by atoms with Crippen molar-refractivity contribution in [3.8, 4) is 0 Å². The standard InChI is InChI=1S/C46H80O10/c1-3-5-7-9-11-13-15-17-18-19-20-21-22-23-25-27-29-31-33-35-42(49)55-39(38-54-46-45(52)44(51)43(50)40(36-47)56-46)37-53-41(48)34-32-30-28-26-24-16-14-12-10-8-6-4-2/h11,13,17-18,20-21,23,25,39-40,43-47,50-52H,3-10,12,14-16,19,22,24,26-38H2,1-2H3/b13-11+,18-17+,21-20+,25-23+/t39-,40-,43+,44?,45?,46-/m1/s1. The zero-order valence-electron chi connectivity index (χ0n) is 35.1. The van der Waals surface area contributed by atoms with Crippen molar-refractivity contribution in [1.82, 2.24) is 0 Å². The van der Waals surface area contributed by atoms with E-state index in [-0.39, 0.29) is 32.0 Å². The van der Waals surface area contributed by atoms with Gasteiger partial charge in [0.15, 0.2) is 12.4 Å². The van der Waals surface area contributed by atoms with Crippen LogP contribution in [-0.4, -0.2) is 89.0 Å². The Kier molecular flexibility index (Phi) is 34.1. The first-order chi connectivity index (χ1) is 27.3. The quantitative estimate of drug-likeness (QED) is 0.0275. The maximum Gasteiger partial charge on any atom is 0.306 e. The van der Waals surface area contributed by atoms with Crippen LogP contribution in [0.3, 0.4) is 0 Å². The topological polar surface area (TPSA) is 152 Å². The minimum absolute atomic E-state index is 0.192. The minimum Gasteiger partial charge on any atom is -0.462 e. The fourth-order valence-corrected chi connectivity index (χ4v) is 6.41. The molecule has 1 aliphatic heterocycles. The first kappa shape index (κ1) is 51.7. The number of esters is 2. The van der Waals surface area contributed by atoms with Crippen molar-refractivity contribution in [3.05, 3.63) is 48.6 Å².